The third-order valence-electron chi connectivity index (χ3n) is 5.30. The predicted molar refractivity (Wildman–Crippen MR) is 113 cm³/mol. The van der Waals surface area contributed by atoms with E-state index in [1.165, 1.54) is 0 Å². The Morgan fingerprint density at radius 1 is 1.07 bits per heavy atom. The van der Waals surface area contributed by atoms with Gasteiger partial charge >= 0.3 is 0 Å². The Hall–Kier alpha value is -2.68. The summed E-state index contributed by atoms with van der Waals surface area (Å²) in [5.74, 6) is 1.45. The normalized spacial score (nSPS) is 15.3. The van der Waals surface area contributed by atoms with Crippen molar-refractivity contribution < 1.29 is 13.9 Å². The molecule has 150 valence electrons. The first-order valence-corrected chi connectivity index (χ1v) is 10.2. The van der Waals surface area contributed by atoms with E-state index in [-0.39, 0.29) is 4.84 Å². The van der Waals surface area contributed by atoms with Crippen LogP contribution in [0, 0.1) is 4.84 Å². The molecule has 0 spiro atoms. The van der Waals surface area contributed by atoms with E-state index in [4.69, 9.17) is 26.1 Å². The number of benzene rings is 2. The number of nitrogens with one attached hydrogen (secondary N) is 1. The molecule has 0 amide bonds. The second-order valence-corrected chi connectivity index (χ2v) is 7.43. The first-order chi connectivity index (χ1) is 14.3. The van der Waals surface area contributed by atoms with E-state index in [1.807, 2.05) is 18.2 Å². The summed E-state index contributed by atoms with van der Waals surface area (Å²) in [5.41, 5.74) is 2.19. The van der Waals surface area contributed by atoms with Crippen LogP contribution in [-0.2, 0) is 11.3 Å². The number of H-pyrrole nitrogens is 1. The molecule has 4 aromatic rings. The van der Waals surface area contributed by atoms with Crippen LogP contribution in [0.25, 0.3) is 21.8 Å². The van der Waals surface area contributed by atoms with Crippen LogP contribution < -0.4 is 4.74 Å². The molecule has 0 radical (unpaired) electrons. The van der Waals surface area contributed by atoms with Gasteiger partial charge in [-0.1, -0.05) is 24.3 Å². The molecule has 2 aromatic heterocycles. The van der Waals surface area contributed by atoms with E-state index < -0.39 is 0 Å². The van der Waals surface area contributed by atoms with Gasteiger partial charge in [0.1, 0.15) is 18.9 Å². The van der Waals surface area contributed by atoms with Crippen LogP contribution in [0.4, 0.5) is 0 Å². The zero-order valence-corrected chi connectivity index (χ0v) is 16.8. The van der Waals surface area contributed by atoms with Gasteiger partial charge in [0.05, 0.1) is 18.7 Å². The van der Waals surface area contributed by atoms with Gasteiger partial charge in [-0.25, -0.2) is 5.10 Å². The van der Waals surface area contributed by atoms with Crippen molar-refractivity contribution in [2.24, 2.45) is 0 Å². The van der Waals surface area contributed by atoms with Crippen LogP contribution in [0.2, 0.25) is 0 Å². The number of nitrogens with zero attached hydrogens (tertiary/aromatic N) is 3. The molecule has 0 bridgehead atoms. The summed E-state index contributed by atoms with van der Waals surface area (Å²) < 4.78 is 19.3. The second-order valence-electron chi connectivity index (χ2n) is 7.06. The molecule has 8 heteroatoms. The summed E-state index contributed by atoms with van der Waals surface area (Å²) >= 11 is 5.02. The van der Waals surface area contributed by atoms with E-state index in [9.17, 15) is 0 Å². The highest BCUT2D eigenvalue weighted by Gasteiger charge is 2.16. The number of aromatic nitrogens is 3. The summed E-state index contributed by atoms with van der Waals surface area (Å²) in [6.45, 7) is 5.56. The zero-order valence-electron chi connectivity index (χ0n) is 16.0. The van der Waals surface area contributed by atoms with Crippen molar-refractivity contribution in [1.29, 1.82) is 0 Å². The number of rotatable bonds is 6. The first kappa shape index (κ1) is 18.4. The smallest absolute Gasteiger partial charge is 0.284 e. The topological polar surface area (TPSA) is 68.5 Å². The molecule has 0 atom stereocenters. The van der Waals surface area contributed by atoms with Gasteiger partial charge in [0.15, 0.2) is 0 Å². The number of hydrogen-bond donors (Lipinski definition) is 1. The average Bonchev–Trinajstić information content (AvgIpc) is 3.31. The number of morpholine rings is 1. The van der Waals surface area contributed by atoms with Crippen LogP contribution in [0.3, 0.4) is 0 Å². The molecule has 7 nitrogen and oxygen atoms in total. The van der Waals surface area contributed by atoms with Crippen molar-refractivity contribution in [3.8, 4) is 5.75 Å². The Balaban J connectivity index is 1.49. The Morgan fingerprint density at radius 3 is 2.72 bits per heavy atom. The number of ether oxygens (including phenoxy) is 2. The van der Waals surface area contributed by atoms with Gasteiger partial charge in [0.25, 0.3) is 4.84 Å². The van der Waals surface area contributed by atoms with Gasteiger partial charge in [-0.05, 0) is 30.4 Å². The molecular weight excluding hydrogens is 388 g/mol. The molecule has 1 aliphatic rings. The van der Waals surface area contributed by atoms with E-state index in [2.05, 4.69) is 43.9 Å². The summed E-state index contributed by atoms with van der Waals surface area (Å²) in [7, 11) is 0. The number of hydrogen-bond acceptors (Lipinski definition) is 6. The van der Waals surface area contributed by atoms with Crippen LogP contribution in [-0.4, -0.2) is 59.1 Å². The maximum Gasteiger partial charge on any atom is 0.284 e. The molecule has 1 aliphatic heterocycles. The zero-order chi connectivity index (χ0) is 19.6. The largest absolute Gasteiger partial charge is 0.492 e. The Bertz CT molecular complexity index is 1190. The molecule has 0 unspecified atom stereocenters. The predicted octanol–water partition coefficient (Wildman–Crippen LogP) is 3.60. The molecule has 1 N–H and O–H groups in total. The van der Waals surface area contributed by atoms with Gasteiger partial charge in [-0.15, -0.1) is 5.10 Å². The maximum atomic E-state index is 6.24. The van der Waals surface area contributed by atoms with Crippen LogP contribution in [0.5, 0.6) is 5.75 Å². The van der Waals surface area contributed by atoms with Crippen LogP contribution >= 0.6 is 12.2 Å². The minimum Gasteiger partial charge on any atom is -0.492 e. The fourth-order valence-corrected chi connectivity index (χ4v) is 4.07. The van der Waals surface area contributed by atoms with Gasteiger partial charge in [0, 0.05) is 35.9 Å². The van der Waals surface area contributed by atoms with E-state index in [1.54, 1.807) is 0 Å². The van der Waals surface area contributed by atoms with Crippen LogP contribution in [0.1, 0.15) is 5.89 Å². The van der Waals surface area contributed by atoms with Crippen molar-refractivity contribution in [1.82, 2.24) is 19.7 Å². The Morgan fingerprint density at radius 2 is 1.90 bits per heavy atom. The van der Waals surface area contributed by atoms with E-state index in [0.717, 1.165) is 60.4 Å². The molecule has 5 rings (SSSR count). The van der Waals surface area contributed by atoms with E-state index in [0.29, 0.717) is 19.0 Å². The fraction of sp³-hybridized carbons (Fsp3) is 0.333. The Kier molecular flexibility index (Phi) is 5.05. The third-order valence-corrected chi connectivity index (χ3v) is 5.48. The Labute approximate surface area is 172 Å². The lowest BCUT2D eigenvalue weighted by molar-refractivity contribution is 0.0323. The molecule has 29 heavy (non-hydrogen) atoms. The number of fused-ring (bicyclic) bond motifs is 3. The maximum absolute atomic E-state index is 6.24. The molecule has 3 heterocycles. The average molecular weight is 410 g/mol. The first-order valence-electron chi connectivity index (χ1n) is 9.77. The van der Waals surface area contributed by atoms with Crippen molar-refractivity contribution in [3.63, 3.8) is 0 Å². The summed E-state index contributed by atoms with van der Waals surface area (Å²) in [5, 5.41) is 9.12. The van der Waals surface area contributed by atoms with Gasteiger partial charge in [-0.3, -0.25) is 4.90 Å². The highest BCUT2D eigenvalue weighted by atomic mass is 32.1. The van der Waals surface area contributed by atoms with Crippen molar-refractivity contribution in [3.05, 3.63) is 53.2 Å². The standard InChI is InChI=1S/C21H22N4O3S/c29-21-23-22-19(28-21)14-25-16-5-2-1-4-15(16)20-17(25)6-3-7-18(20)27-13-10-24-8-11-26-12-9-24/h1-7H,8-14H2,(H,23,29). The quantitative estimate of drug-likeness (QED) is 0.490. The number of para-hydroxylation sites is 1. The minimum absolute atomic E-state index is 0.285. The van der Waals surface area contributed by atoms with Gasteiger partial charge in [-0.2, -0.15) is 0 Å². The second kappa shape index (κ2) is 7.98. The molecule has 2 aromatic carbocycles. The molecule has 1 fully saturated rings. The SMILES string of the molecule is S=c1[nH]nc(Cn2c3ccccc3c3c(OCCN4CCOCC4)cccc32)o1. The van der Waals surface area contributed by atoms with Crippen molar-refractivity contribution in [2.45, 2.75) is 6.54 Å². The summed E-state index contributed by atoms with van der Waals surface area (Å²) in [6, 6.07) is 14.5. The lowest BCUT2D eigenvalue weighted by Gasteiger charge is -2.26. The molecular formula is C21H22N4O3S. The van der Waals surface area contributed by atoms with Gasteiger partial charge < -0.3 is 18.5 Å². The lowest BCUT2D eigenvalue weighted by atomic mass is 10.1. The summed E-state index contributed by atoms with van der Waals surface area (Å²) in [6.07, 6.45) is 0. The number of aromatic amines is 1. The lowest BCUT2D eigenvalue weighted by Crippen LogP contribution is -2.38. The fourth-order valence-electron chi connectivity index (χ4n) is 3.93. The van der Waals surface area contributed by atoms with Crippen LogP contribution in [0.15, 0.2) is 46.9 Å². The van der Waals surface area contributed by atoms with Gasteiger partial charge in [0.2, 0.25) is 5.89 Å². The van der Waals surface area contributed by atoms with Crippen molar-refractivity contribution >= 4 is 34.0 Å². The van der Waals surface area contributed by atoms with E-state index >= 15 is 0 Å². The molecule has 1 saturated heterocycles. The molecule has 0 aliphatic carbocycles. The third kappa shape index (κ3) is 3.66. The van der Waals surface area contributed by atoms with Crippen molar-refractivity contribution in [2.75, 3.05) is 39.5 Å². The summed E-state index contributed by atoms with van der Waals surface area (Å²) in [4.78, 5) is 2.66. The highest BCUT2D eigenvalue weighted by molar-refractivity contribution is 7.71. The highest BCUT2D eigenvalue weighted by Crippen LogP contribution is 2.36. The monoisotopic (exact) mass is 410 g/mol. The molecule has 0 saturated carbocycles. The minimum atomic E-state index is 0.285.